The lowest BCUT2D eigenvalue weighted by molar-refractivity contribution is -0.142. The van der Waals surface area contributed by atoms with Gasteiger partial charge in [0.15, 0.2) is 5.82 Å². The molecule has 1 unspecified atom stereocenters. The maximum Gasteiger partial charge on any atom is 0.249 e. The van der Waals surface area contributed by atoms with Crippen molar-refractivity contribution < 1.29 is 14.1 Å². The molecule has 27 heavy (non-hydrogen) atoms. The van der Waals surface area contributed by atoms with Crippen molar-refractivity contribution in [1.82, 2.24) is 15.0 Å². The molecule has 2 heterocycles. The fourth-order valence-corrected chi connectivity index (χ4v) is 3.77. The molecule has 2 fully saturated rings. The van der Waals surface area contributed by atoms with Gasteiger partial charge in [-0.05, 0) is 37.7 Å². The lowest BCUT2D eigenvalue weighted by atomic mass is 9.83. The zero-order valence-electron chi connectivity index (χ0n) is 15.7. The van der Waals surface area contributed by atoms with Crippen LogP contribution in [0.2, 0.25) is 0 Å². The van der Waals surface area contributed by atoms with Gasteiger partial charge in [-0.3, -0.25) is 4.79 Å². The highest BCUT2D eigenvalue weighted by molar-refractivity contribution is 5.80. The van der Waals surface area contributed by atoms with Crippen LogP contribution in [0.15, 0.2) is 34.9 Å². The van der Waals surface area contributed by atoms with Gasteiger partial charge < -0.3 is 14.2 Å². The Kier molecular flexibility index (Phi) is 5.82. The zero-order chi connectivity index (χ0) is 18.5. The third-order valence-electron chi connectivity index (χ3n) is 5.59. The summed E-state index contributed by atoms with van der Waals surface area (Å²) in [4.78, 5) is 19.3. The molecule has 1 aromatic heterocycles. The molecule has 1 saturated carbocycles. The van der Waals surface area contributed by atoms with Gasteiger partial charge in [-0.25, -0.2) is 0 Å². The zero-order valence-corrected chi connectivity index (χ0v) is 15.7. The van der Waals surface area contributed by atoms with Crippen LogP contribution in [-0.4, -0.2) is 34.1 Å². The van der Waals surface area contributed by atoms with Crippen LogP contribution in [0.25, 0.3) is 0 Å². The average Bonchev–Trinajstić information content (AvgIpc) is 3.13. The van der Waals surface area contributed by atoms with E-state index in [0.717, 1.165) is 44.2 Å². The molecule has 1 aliphatic heterocycles. The predicted molar refractivity (Wildman–Crippen MR) is 99.7 cm³/mol. The van der Waals surface area contributed by atoms with Crippen molar-refractivity contribution >= 4 is 5.91 Å². The summed E-state index contributed by atoms with van der Waals surface area (Å²) in [5.74, 6) is 1.72. The monoisotopic (exact) mass is 369 g/mol. The predicted octanol–water partition coefficient (Wildman–Crippen LogP) is 3.68. The summed E-state index contributed by atoms with van der Waals surface area (Å²) in [5, 5.41) is 4.10. The van der Waals surface area contributed by atoms with Crippen molar-refractivity contribution in [2.45, 2.75) is 57.6 Å². The van der Waals surface area contributed by atoms with Crippen molar-refractivity contribution in [1.29, 1.82) is 0 Å². The minimum Gasteiger partial charge on any atom is -0.376 e. The van der Waals surface area contributed by atoms with E-state index in [1.807, 2.05) is 35.2 Å². The third kappa shape index (κ3) is 4.38. The molecule has 0 spiro atoms. The Balaban J connectivity index is 1.31. The molecular formula is C21H27N3O3. The van der Waals surface area contributed by atoms with Gasteiger partial charge in [0.2, 0.25) is 11.8 Å². The number of nitrogens with zero attached hydrogens (tertiary/aromatic N) is 3. The smallest absolute Gasteiger partial charge is 0.249 e. The molecule has 1 saturated heterocycles. The van der Waals surface area contributed by atoms with Crippen LogP contribution in [-0.2, 0) is 22.6 Å². The molecule has 0 radical (unpaired) electrons. The van der Waals surface area contributed by atoms with E-state index in [1.165, 1.54) is 6.42 Å². The Morgan fingerprint density at radius 1 is 1.15 bits per heavy atom. The number of hydrogen-bond donors (Lipinski definition) is 0. The number of carbonyl (C=O) groups is 1. The summed E-state index contributed by atoms with van der Waals surface area (Å²) in [7, 11) is 0. The molecule has 4 rings (SSSR count). The molecule has 0 bridgehead atoms. The number of rotatable bonds is 7. The molecule has 1 atom stereocenters. The van der Waals surface area contributed by atoms with E-state index in [2.05, 4.69) is 10.1 Å². The van der Waals surface area contributed by atoms with Gasteiger partial charge in [0.1, 0.15) is 6.04 Å². The van der Waals surface area contributed by atoms with E-state index in [1.54, 1.807) is 0 Å². The first kappa shape index (κ1) is 18.2. The number of amides is 1. The summed E-state index contributed by atoms with van der Waals surface area (Å²) >= 11 is 0. The van der Waals surface area contributed by atoms with E-state index in [0.29, 0.717) is 31.3 Å². The maximum absolute atomic E-state index is 12.7. The fraction of sp³-hybridized carbons (Fsp3) is 0.571. The van der Waals surface area contributed by atoms with Gasteiger partial charge in [-0.2, -0.15) is 4.98 Å². The van der Waals surface area contributed by atoms with Crippen LogP contribution >= 0.6 is 0 Å². The van der Waals surface area contributed by atoms with Crippen LogP contribution in [0.5, 0.6) is 0 Å². The van der Waals surface area contributed by atoms with E-state index < -0.39 is 0 Å². The Morgan fingerprint density at radius 2 is 2.00 bits per heavy atom. The second kappa shape index (κ2) is 8.65. The van der Waals surface area contributed by atoms with Crippen LogP contribution < -0.4 is 0 Å². The molecule has 6 nitrogen and oxygen atoms in total. The lowest BCUT2D eigenvalue weighted by Crippen LogP contribution is -2.43. The summed E-state index contributed by atoms with van der Waals surface area (Å²) in [6.45, 7) is 1.93. The first-order chi connectivity index (χ1) is 13.3. The van der Waals surface area contributed by atoms with Gasteiger partial charge in [-0.15, -0.1) is 0 Å². The standard InChI is InChI=1S/C21H27N3O3/c25-21(17-9-6-10-17)24-13-5-4-11-18(24)20-22-19(23-27-20)12-14-26-15-16-7-2-1-3-8-16/h1-3,7-8,17-18H,4-6,9-15H2. The fourth-order valence-electron chi connectivity index (χ4n) is 3.77. The molecule has 1 aromatic carbocycles. The molecule has 2 aromatic rings. The van der Waals surface area contributed by atoms with Crippen molar-refractivity contribution in [2.24, 2.45) is 5.92 Å². The third-order valence-corrected chi connectivity index (χ3v) is 5.59. The molecule has 6 heteroatoms. The summed E-state index contributed by atoms with van der Waals surface area (Å²) in [5.41, 5.74) is 1.15. The average molecular weight is 369 g/mol. The highest BCUT2D eigenvalue weighted by atomic mass is 16.5. The van der Waals surface area contributed by atoms with E-state index >= 15 is 0 Å². The van der Waals surface area contributed by atoms with E-state index in [-0.39, 0.29) is 17.9 Å². The molecule has 144 valence electrons. The Labute approximate surface area is 159 Å². The SMILES string of the molecule is O=C(C1CCC1)N1CCCCC1c1nc(CCOCc2ccccc2)no1. The normalized spacial score (nSPS) is 20.4. The first-order valence-corrected chi connectivity index (χ1v) is 10.1. The summed E-state index contributed by atoms with van der Waals surface area (Å²) in [6.07, 6.45) is 6.89. The van der Waals surface area contributed by atoms with Crippen molar-refractivity contribution in [2.75, 3.05) is 13.2 Å². The number of carbonyl (C=O) groups excluding carboxylic acids is 1. The number of piperidine rings is 1. The number of hydrogen-bond acceptors (Lipinski definition) is 5. The highest BCUT2D eigenvalue weighted by Crippen LogP contribution is 2.35. The number of likely N-dealkylation sites (tertiary alicyclic amines) is 1. The molecule has 2 aliphatic rings. The van der Waals surface area contributed by atoms with E-state index in [4.69, 9.17) is 9.26 Å². The van der Waals surface area contributed by atoms with Gasteiger partial charge in [-0.1, -0.05) is 41.9 Å². The van der Waals surface area contributed by atoms with Gasteiger partial charge in [0.25, 0.3) is 0 Å². The summed E-state index contributed by atoms with van der Waals surface area (Å²) < 4.78 is 11.2. The minimum absolute atomic E-state index is 0.0571. The Hall–Kier alpha value is -2.21. The second-order valence-corrected chi connectivity index (χ2v) is 7.51. The highest BCUT2D eigenvalue weighted by Gasteiger charge is 2.37. The molecule has 1 aliphatic carbocycles. The lowest BCUT2D eigenvalue weighted by Gasteiger charge is -2.38. The van der Waals surface area contributed by atoms with Crippen LogP contribution in [0.3, 0.4) is 0 Å². The largest absolute Gasteiger partial charge is 0.376 e. The van der Waals surface area contributed by atoms with Crippen molar-refractivity contribution in [3.05, 3.63) is 47.6 Å². The quantitative estimate of drug-likeness (QED) is 0.697. The van der Waals surface area contributed by atoms with Gasteiger partial charge in [0.05, 0.1) is 13.2 Å². The Bertz CT molecular complexity index is 742. The van der Waals surface area contributed by atoms with Crippen LogP contribution in [0.4, 0.5) is 0 Å². The number of benzene rings is 1. The van der Waals surface area contributed by atoms with Crippen LogP contribution in [0.1, 0.15) is 61.8 Å². The number of ether oxygens (including phenoxy) is 1. The van der Waals surface area contributed by atoms with E-state index in [9.17, 15) is 4.79 Å². The maximum atomic E-state index is 12.7. The Morgan fingerprint density at radius 3 is 2.78 bits per heavy atom. The van der Waals surface area contributed by atoms with Gasteiger partial charge >= 0.3 is 0 Å². The molecular weight excluding hydrogens is 342 g/mol. The van der Waals surface area contributed by atoms with Crippen LogP contribution in [0, 0.1) is 5.92 Å². The second-order valence-electron chi connectivity index (χ2n) is 7.51. The minimum atomic E-state index is -0.0571. The molecule has 1 amide bonds. The first-order valence-electron chi connectivity index (χ1n) is 10.1. The summed E-state index contributed by atoms with van der Waals surface area (Å²) in [6, 6.07) is 10.0. The van der Waals surface area contributed by atoms with Gasteiger partial charge in [0, 0.05) is 18.9 Å². The molecule has 0 N–H and O–H groups in total. The topological polar surface area (TPSA) is 68.5 Å². The van der Waals surface area contributed by atoms with Crippen molar-refractivity contribution in [3.63, 3.8) is 0 Å². The number of aromatic nitrogens is 2. The van der Waals surface area contributed by atoms with Crippen molar-refractivity contribution in [3.8, 4) is 0 Å².